The van der Waals surface area contributed by atoms with Crippen molar-refractivity contribution in [3.05, 3.63) is 85.4 Å². The van der Waals surface area contributed by atoms with E-state index in [0.717, 1.165) is 16.3 Å². The Morgan fingerprint density at radius 2 is 1.67 bits per heavy atom. The Labute approximate surface area is 331 Å². The molecule has 0 atom stereocenters. The first-order valence-electron chi connectivity index (χ1n) is 17.7. The van der Waals surface area contributed by atoms with Gasteiger partial charge in [-0.1, -0.05) is 37.3 Å². The van der Waals surface area contributed by atoms with Crippen molar-refractivity contribution < 1.29 is 38.2 Å². The van der Waals surface area contributed by atoms with Gasteiger partial charge in [0.25, 0.3) is 5.91 Å². The van der Waals surface area contributed by atoms with Crippen LogP contribution < -0.4 is 26.3 Å². The maximum atomic E-state index is 13.7. The number of fused-ring (bicyclic) bond motifs is 2. The predicted molar refractivity (Wildman–Crippen MR) is 211 cm³/mol. The van der Waals surface area contributed by atoms with Crippen molar-refractivity contribution in [1.82, 2.24) is 29.1 Å². The number of nitrogens with zero attached hydrogens (tertiary/aromatic N) is 7. The summed E-state index contributed by atoms with van der Waals surface area (Å²) in [5, 5.41) is 12.8. The highest BCUT2D eigenvalue weighted by Gasteiger charge is 2.23. The molecule has 6 aromatic rings. The summed E-state index contributed by atoms with van der Waals surface area (Å²) in [4.78, 5) is 85.4. The summed E-state index contributed by atoms with van der Waals surface area (Å²) in [6.07, 6.45) is 5.97. The number of carboxylic acid groups (broad SMARTS) is 1. The lowest BCUT2D eigenvalue weighted by molar-refractivity contribution is -0.137. The van der Waals surface area contributed by atoms with Crippen LogP contribution in [-0.2, 0) is 30.7 Å². The smallest absolute Gasteiger partial charge is 0.317 e. The number of rotatable bonds is 16. The van der Waals surface area contributed by atoms with Gasteiger partial charge in [-0.3, -0.25) is 33.9 Å². The first-order valence-corrected chi connectivity index (χ1v) is 19.4. The molecule has 0 aliphatic rings. The molecule has 18 nitrogen and oxygen atoms in total. The maximum Gasteiger partial charge on any atom is 0.317 e. The average molecular weight is 815 g/mol. The van der Waals surface area contributed by atoms with Crippen LogP contribution in [0.25, 0.3) is 21.4 Å². The van der Waals surface area contributed by atoms with Crippen molar-refractivity contribution in [1.29, 1.82) is 0 Å². The number of carboxylic acids is 1. The topological polar surface area (TPSA) is 266 Å². The number of carbonyl (C=O) groups excluding carboxylic acids is 4. The molecular formula is C37H38N10O8S2. The van der Waals surface area contributed by atoms with Crippen molar-refractivity contribution >= 4 is 79.6 Å². The molecule has 0 aliphatic heterocycles. The molecule has 20 heteroatoms. The molecule has 0 spiro atoms. The molecular weight excluding hydrogens is 777 g/mol. The molecule has 1 aromatic carbocycles. The zero-order valence-corrected chi connectivity index (χ0v) is 33.0. The second-order valence-corrected chi connectivity index (χ2v) is 14.8. The van der Waals surface area contributed by atoms with Crippen LogP contribution in [0, 0.1) is 13.8 Å². The highest BCUT2D eigenvalue weighted by atomic mass is 32.1. The lowest BCUT2D eigenvalue weighted by atomic mass is 10.1. The van der Waals surface area contributed by atoms with Gasteiger partial charge in [0.15, 0.2) is 16.3 Å². The summed E-state index contributed by atoms with van der Waals surface area (Å²) in [6, 6.07) is 4.51. The van der Waals surface area contributed by atoms with Crippen molar-refractivity contribution in [2.45, 2.75) is 66.5 Å². The van der Waals surface area contributed by atoms with Gasteiger partial charge < -0.3 is 30.3 Å². The molecule has 0 radical (unpaired) electrons. The highest BCUT2D eigenvalue weighted by Crippen LogP contribution is 2.32. The number of aliphatic carboxylic acids is 1. The van der Waals surface area contributed by atoms with E-state index in [0.29, 0.717) is 56.4 Å². The Morgan fingerprint density at radius 1 is 0.947 bits per heavy atom. The summed E-state index contributed by atoms with van der Waals surface area (Å²) < 4.78 is 15.5. The predicted octanol–water partition coefficient (Wildman–Crippen LogP) is 4.32. The van der Waals surface area contributed by atoms with Crippen molar-refractivity contribution in [3.63, 3.8) is 0 Å². The normalized spacial score (nSPS) is 11.9. The number of aryl methyl sites for hydroxylation is 4. The Kier molecular flexibility index (Phi) is 12.0. The number of ether oxygens (including phenoxy) is 1. The number of nitrogens with two attached hydrogens (primary N) is 2. The summed E-state index contributed by atoms with van der Waals surface area (Å²) in [6.45, 7) is 7.48. The molecule has 57 heavy (non-hydrogen) atoms. The summed E-state index contributed by atoms with van der Waals surface area (Å²) in [7, 11) is 0. The van der Waals surface area contributed by atoms with Gasteiger partial charge in [0, 0.05) is 38.2 Å². The van der Waals surface area contributed by atoms with E-state index in [2.05, 4.69) is 30.2 Å². The number of anilines is 1. The van der Waals surface area contributed by atoms with Crippen LogP contribution in [-0.4, -0.2) is 70.4 Å². The zero-order valence-electron chi connectivity index (χ0n) is 31.3. The average Bonchev–Trinajstić information content (AvgIpc) is 3.93. The lowest BCUT2D eigenvalue weighted by Gasteiger charge is -2.12. The van der Waals surface area contributed by atoms with Gasteiger partial charge in [0.2, 0.25) is 23.5 Å². The largest absolute Gasteiger partial charge is 0.491 e. The number of allylic oxidation sites excluding steroid dienone is 2. The summed E-state index contributed by atoms with van der Waals surface area (Å²) in [5.74, 6) is -2.74. The van der Waals surface area contributed by atoms with Crippen molar-refractivity contribution in [3.8, 4) is 5.75 Å². The fourth-order valence-corrected chi connectivity index (χ4v) is 7.86. The van der Waals surface area contributed by atoms with Crippen LogP contribution >= 0.6 is 22.7 Å². The standard InChI is InChI=1S/C37H38N10O8S2/c1-5-22-29(55-18(3)41-22)34(52)45-37-47(33-26(57-37)16-21(17-40-33)32(39)51)12-8-7-11-46-28-24(14-20(31(38)50)15-25(28)54-13-9-10-27(48)49)43-36(46)44-35(53)30-23(6-2)42-19(4)56-30/h7-8,14-17H,5-6,9-13H2,1-4H3,(H2,38,50)(H2,39,51)(H,48,49)(H,43,44,53)/b8-7+,45-37-. The van der Waals surface area contributed by atoms with Gasteiger partial charge in [0.05, 0.1) is 38.8 Å². The van der Waals surface area contributed by atoms with E-state index in [1.807, 2.05) is 20.8 Å². The molecule has 0 fully saturated rings. The van der Waals surface area contributed by atoms with Crippen LogP contribution in [0.2, 0.25) is 0 Å². The number of amides is 4. The van der Waals surface area contributed by atoms with Gasteiger partial charge in [-0.05, 0) is 44.4 Å². The zero-order chi connectivity index (χ0) is 41.0. The van der Waals surface area contributed by atoms with Crippen LogP contribution in [0.15, 0.2) is 46.0 Å². The Bertz CT molecular complexity index is 2660. The quantitative estimate of drug-likeness (QED) is 0.0786. The number of oxazole rings is 1. The molecule has 4 amide bonds. The van der Waals surface area contributed by atoms with Crippen LogP contribution in [0.1, 0.15) is 89.9 Å². The number of hydrogen-bond acceptors (Lipinski definition) is 13. The van der Waals surface area contributed by atoms with Gasteiger partial charge in [0.1, 0.15) is 16.1 Å². The minimum atomic E-state index is -0.988. The fourth-order valence-electron chi connectivity index (χ4n) is 5.92. The Hall–Kier alpha value is -6.54. The van der Waals surface area contributed by atoms with E-state index >= 15 is 0 Å². The molecule has 0 saturated carbocycles. The second-order valence-electron chi connectivity index (χ2n) is 12.6. The fraction of sp³-hybridized carbons (Fsp3) is 0.297. The van der Waals surface area contributed by atoms with Crippen molar-refractivity contribution in [2.75, 3.05) is 11.9 Å². The molecule has 5 heterocycles. The molecule has 0 aliphatic carbocycles. The third kappa shape index (κ3) is 8.81. The van der Waals surface area contributed by atoms with E-state index in [1.54, 1.807) is 34.3 Å². The van der Waals surface area contributed by atoms with Gasteiger partial charge in [-0.25, -0.2) is 19.9 Å². The first-order chi connectivity index (χ1) is 27.3. The third-order valence-corrected chi connectivity index (χ3v) is 10.6. The SMILES string of the molecule is CCc1nc(C)oc1C(=O)/N=c1\sc2cc(C(N)=O)cnc2n1C/C=C/Cn1c(NC(=O)c2sc(C)nc2CC)nc2cc(C(N)=O)cc(OCCCC(=O)O)c21. The minimum Gasteiger partial charge on any atom is -0.491 e. The number of imidazole rings is 1. The molecule has 5 aromatic heterocycles. The summed E-state index contributed by atoms with van der Waals surface area (Å²) in [5.41, 5.74) is 13.7. The molecule has 6 rings (SSSR count). The van der Waals surface area contributed by atoms with E-state index in [4.69, 9.17) is 25.7 Å². The number of benzene rings is 1. The van der Waals surface area contributed by atoms with Crippen molar-refractivity contribution in [2.24, 2.45) is 16.5 Å². The number of hydrogen-bond donors (Lipinski definition) is 4. The first kappa shape index (κ1) is 40.1. The lowest BCUT2D eigenvalue weighted by Crippen LogP contribution is -2.18. The second kappa shape index (κ2) is 17.1. The number of nitrogens with one attached hydrogen (secondary N) is 1. The number of carbonyl (C=O) groups is 5. The molecule has 0 bridgehead atoms. The van der Waals surface area contributed by atoms with E-state index in [9.17, 15) is 24.0 Å². The number of aromatic nitrogens is 6. The third-order valence-electron chi connectivity index (χ3n) is 8.53. The monoisotopic (exact) mass is 814 g/mol. The minimum absolute atomic E-state index is 0.0110. The van der Waals surface area contributed by atoms with Crippen LogP contribution in [0.5, 0.6) is 5.75 Å². The maximum absolute atomic E-state index is 13.7. The van der Waals surface area contributed by atoms with E-state index in [1.165, 1.54) is 29.7 Å². The number of pyridine rings is 1. The number of primary amides is 2. The van der Waals surface area contributed by atoms with E-state index in [-0.39, 0.29) is 65.9 Å². The molecule has 6 N–H and O–H groups in total. The molecule has 0 saturated heterocycles. The number of thiazole rings is 2. The van der Waals surface area contributed by atoms with Crippen LogP contribution in [0.3, 0.4) is 0 Å². The molecule has 296 valence electrons. The highest BCUT2D eigenvalue weighted by molar-refractivity contribution is 7.16. The Balaban J connectivity index is 1.40. The summed E-state index contributed by atoms with van der Waals surface area (Å²) >= 11 is 2.39. The van der Waals surface area contributed by atoms with Crippen LogP contribution in [0.4, 0.5) is 5.95 Å². The van der Waals surface area contributed by atoms with Gasteiger partial charge in [-0.15, -0.1) is 11.3 Å². The van der Waals surface area contributed by atoms with Gasteiger partial charge >= 0.3 is 11.9 Å². The van der Waals surface area contributed by atoms with E-state index < -0.39 is 29.6 Å². The Morgan fingerprint density at radius 3 is 2.35 bits per heavy atom. The van der Waals surface area contributed by atoms with Gasteiger partial charge in [-0.2, -0.15) is 4.99 Å². The molecule has 0 unspecified atom stereocenters.